The predicted molar refractivity (Wildman–Crippen MR) is 143 cm³/mol. The van der Waals surface area contributed by atoms with Crippen LogP contribution in [-0.4, -0.2) is 76.7 Å². The zero-order chi connectivity index (χ0) is 29.1. The molecule has 4 amide bonds. The molecule has 214 valence electrons. The molecule has 1 aromatic carbocycles. The number of nitrogens with zero attached hydrogens (tertiary/aromatic N) is 1. The second kappa shape index (κ2) is 11.5. The summed E-state index contributed by atoms with van der Waals surface area (Å²) < 4.78 is 5.64. The predicted octanol–water partition coefficient (Wildman–Crippen LogP) is 1.55. The van der Waals surface area contributed by atoms with Crippen LogP contribution in [-0.2, 0) is 29.3 Å². The number of benzene rings is 1. The second-order valence-corrected chi connectivity index (χ2v) is 11.4. The molecule has 5 atom stereocenters. The van der Waals surface area contributed by atoms with Crippen LogP contribution in [0.5, 0.6) is 0 Å². The molecule has 0 aliphatic carbocycles. The minimum Gasteiger partial charge on any atom is -0.480 e. The van der Waals surface area contributed by atoms with E-state index in [-0.39, 0.29) is 5.92 Å². The molecule has 1 saturated heterocycles. The molecule has 2 aliphatic rings. The van der Waals surface area contributed by atoms with Gasteiger partial charge in [-0.3, -0.25) is 24.1 Å². The number of likely N-dealkylation sites (tertiary alicyclic amines) is 1. The lowest BCUT2D eigenvalue weighted by Gasteiger charge is -2.33. The van der Waals surface area contributed by atoms with Gasteiger partial charge in [0.25, 0.3) is 0 Å². The molecule has 1 fully saturated rings. The van der Waals surface area contributed by atoms with Gasteiger partial charge in [-0.05, 0) is 44.7 Å². The number of para-hydroxylation sites is 1. The number of carboxylic acids is 1. The second-order valence-electron chi connectivity index (χ2n) is 11.4. The van der Waals surface area contributed by atoms with Crippen molar-refractivity contribution in [3.63, 3.8) is 0 Å². The minimum absolute atomic E-state index is 0.276. The summed E-state index contributed by atoms with van der Waals surface area (Å²) in [5, 5.41) is 19.7. The summed E-state index contributed by atoms with van der Waals surface area (Å²) in [4.78, 5) is 64.1. The molecule has 0 radical (unpaired) electrons. The molecule has 0 aromatic heterocycles. The maximum atomic E-state index is 13.4. The molecule has 3 rings (SSSR count). The molecule has 0 saturated carbocycles. The number of amides is 4. The van der Waals surface area contributed by atoms with Crippen molar-refractivity contribution in [3.05, 3.63) is 29.8 Å². The highest BCUT2D eigenvalue weighted by Crippen LogP contribution is 2.51. The average molecular weight is 546 g/mol. The van der Waals surface area contributed by atoms with Crippen LogP contribution in [0.3, 0.4) is 0 Å². The molecule has 0 spiro atoms. The third-order valence-electron chi connectivity index (χ3n) is 7.23. The van der Waals surface area contributed by atoms with Gasteiger partial charge in [0.05, 0.1) is 6.54 Å². The number of carboxylic acid groups (broad SMARTS) is 1. The number of rotatable bonds is 9. The molecular formula is C27H39N5O7. The third kappa shape index (κ3) is 6.61. The highest BCUT2D eigenvalue weighted by atomic mass is 16.6. The number of hydrogen-bond donors (Lipinski definition) is 5. The van der Waals surface area contributed by atoms with Crippen molar-refractivity contribution in [3.8, 4) is 0 Å². The first kappa shape index (κ1) is 29.7. The summed E-state index contributed by atoms with van der Waals surface area (Å²) in [5.74, 6) is -3.24. The maximum Gasteiger partial charge on any atom is 0.412 e. The number of hydrogen-bond acceptors (Lipinski definition) is 7. The molecule has 12 nitrogen and oxygen atoms in total. The first-order chi connectivity index (χ1) is 18.2. The Morgan fingerprint density at radius 2 is 1.82 bits per heavy atom. The van der Waals surface area contributed by atoms with Gasteiger partial charge < -0.3 is 31.1 Å². The van der Waals surface area contributed by atoms with E-state index in [0.717, 1.165) is 11.3 Å². The fraction of sp³-hybridized carbons (Fsp3) is 0.593. The van der Waals surface area contributed by atoms with Gasteiger partial charge in [0.2, 0.25) is 17.7 Å². The summed E-state index contributed by atoms with van der Waals surface area (Å²) >= 11 is 0. The van der Waals surface area contributed by atoms with E-state index in [4.69, 9.17) is 9.84 Å². The van der Waals surface area contributed by atoms with Crippen LogP contribution in [0.2, 0.25) is 0 Å². The van der Waals surface area contributed by atoms with Crippen LogP contribution in [0.25, 0.3) is 0 Å². The number of ether oxygens (including phenoxy) is 1. The Kier molecular flexibility index (Phi) is 8.77. The molecule has 4 unspecified atom stereocenters. The fourth-order valence-corrected chi connectivity index (χ4v) is 5.09. The Morgan fingerprint density at radius 3 is 2.44 bits per heavy atom. The largest absolute Gasteiger partial charge is 0.480 e. The van der Waals surface area contributed by atoms with Crippen molar-refractivity contribution in [2.75, 3.05) is 18.4 Å². The van der Waals surface area contributed by atoms with Gasteiger partial charge in [0.1, 0.15) is 30.4 Å². The topological polar surface area (TPSA) is 166 Å². The molecule has 12 heteroatoms. The number of carbonyl (C=O) groups is 5. The lowest BCUT2D eigenvalue weighted by atomic mass is 9.80. The highest BCUT2D eigenvalue weighted by Gasteiger charge is 2.59. The van der Waals surface area contributed by atoms with Crippen molar-refractivity contribution in [2.24, 2.45) is 5.92 Å². The van der Waals surface area contributed by atoms with Gasteiger partial charge in [-0.1, -0.05) is 45.4 Å². The van der Waals surface area contributed by atoms with Crippen LogP contribution in [0.15, 0.2) is 24.3 Å². The SMILES string of the molecule is CCC(C)C(NC(=O)CNC(=O)[C@@H]1CC2(C)c3ccccc3NC2N1C(=O)OC(C)(C)C)C(=O)NCC(=O)O. The van der Waals surface area contributed by atoms with Gasteiger partial charge >= 0.3 is 12.1 Å². The Hall–Kier alpha value is -3.83. The van der Waals surface area contributed by atoms with Crippen LogP contribution >= 0.6 is 0 Å². The third-order valence-corrected chi connectivity index (χ3v) is 7.23. The maximum absolute atomic E-state index is 13.4. The van der Waals surface area contributed by atoms with Gasteiger partial charge in [0.15, 0.2) is 0 Å². The molecule has 0 bridgehead atoms. The van der Waals surface area contributed by atoms with Crippen molar-refractivity contribution in [1.29, 1.82) is 0 Å². The first-order valence-corrected chi connectivity index (χ1v) is 13.1. The number of nitrogens with one attached hydrogen (secondary N) is 4. The van der Waals surface area contributed by atoms with Crippen molar-refractivity contribution >= 4 is 35.5 Å². The Morgan fingerprint density at radius 1 is 1.15 bits per heavy atom. The molecule has 2 heterocycles. The molecular weight excluding hydrogens is 506 g/mol. The van der Waals surface area contributed by atoms with E-state index in [0.29, 0.717) is 12.8 Å². The first-order valence-electron chi connectivity index (χ1n) is 13.1. The van der Waals surface area contributed by atoms with Crippen molar-refractivity contribution in [2.45, 2.75) is 83.6 Å². The van der Waals surface area contributed by atoms with Crippen molar-refractivity contribution < 1.29 is 33.8 Å². The van der Waals surface area contributed by atoms with Gasteiger partial charge in [0, 0.05) is 11.1 Å². The van der Waals surface area contributed by atoms with Crippen LogP contribution < -0.4 is 21.3 Å². The van der Waals surface area contributed by atoms with E-state index in [1.54, 1.807) is 27.7 Å². The van der Waals surface area contributed by atoms with Gasteiger partial charge in [-0.2, -0.15) is 0 Å². The lowest BCUT2D eigenvalue weighted by molar-refractivity contribution is -0.138. The Bertz CT molecular complexity index is 1130. The summed E-state index contributed by atoms with van der Waals surface area (Å²) in [5.41, 5.74) is 0.519. The van der Waals surface area contributed by atoms with E-state index in [1.165, 1.54) is 4.90 Å². The van der Waals surface area contributed by atoms with Gasteiger partial charge in [-0.25, -0.2) is 4.79 Å². The van der Waals surface area contributed by atoms with E-state index in [1.807, 2.05) is 38.1 Å². The zero-order valence-electron chi connectivity index (χ0n) is 23.3. The average Bonchev–Trinajstić information content (AvgIpc) is 3.31. The van der Waals surface area contributed by atoms with E-state index in [2.05, 4.69) is 21.3 Å². The standard InChI is InChI=1S/C27H39N5O7/c1-7-15(2)21(23(37)29-14-20(34)35)31-19(33)13-28-22(36)18-12-27(6)16-10-8-9-11-17(16)30-24(27)32(18)25(38)39-26(3,4)5/h8-11,15,18,21,24,30H,7,12-14H2,1-6H3,(H,28,36)(H,29,37)(H,31,33)(H,34,35)/t15?,18-,21?,24?,27?/m0/s1. The van der Waals surface area contributed by atoms with Crippen molar-refractivity contribution in [1.82, 2.24) is 20.9 Å². The van der Waals surface area contributed by atoms with Crippen LogP contribution in [0.1, 0.15) is 59.9 Å². The van der Waals surface area contributed by atoms with Gasteiger partial charge in [-0.15, -0.1) is 0 Å². The number of anilines is 1. The highest BCUT2D eigenvalue weighted by molar-refractivity contribution is 5.93. The monoisotopic (exact) mass is 545 g/mol. The van der Waals surface area contributed by atoms with E-state index < -0.39 is 72.1 Å². The molecule has 2 aliphatic heterocycles. The summed E-state index contributed by atoms with van der Waals surface area (Å²) in [6.07, 6.45) is -0.309. The quantitative estimate of drug-likeness (QED) is 0.312. The molecule has 1 aromatic rings. The normalized spacial score (nSPS) is 23.0. The molecule has 39 heavy (non-hydrogen) atoms. The van der Waals surface area contributed by atoms with E-state index >= 15 is 0 Å². The van der Waals surface area contributed by atoms with E-state index in [9.17, 15) is 24.0 Å². The summed E-state index contributed by atoms with van der Waals surface area (Å²) in [6.45, 7) is 9.82. The molecule has 5 N–H and O–H groups in total. The summed E-state index contributed by atoms with van der Waals surface area (Å²) in [6, 6.07) is 5.81. The number of fused-ring (bicyclic) bond motifs is 3. The zero-order valence-corrected chi connectivity index (χ0v) is 23.3. The minimum atomic E-state index is -1.20. The lowest BCUT2D eigenvalue weighted by Crippen LogP contribution is -2.55. The number of aliphatic carboxylic acids is 1. The van der Waals surface area contributed by atoms with Crippen LogP contribution in [0, 0.1) is 5.92 Å². The Labute approximate surface area is 228 Å². The number of carbonyl (C=O) groups excluding carboxylic acids is 4. The Balaban J connectivity index is 1.73. The van der Waals surface area contributed by atoms with Crippen LogP contribution in [0.4, 0.5) is 10.5 Å². The summed E-state index contributed by atoms with van der Waals surface area (Å²) in [7, 11) is 0. The fourth-order valence-electron chi connectivity index (χ4n) is 5.09. The smallest absolute Gasteiger partial charge is 0.412 e.